The van der Waals surface area contributed by atoms with Crippen molar-refractivity contribution in [1.29, 1.82) is 0 Å². The van der Waals surface area contributed by atoms with Crippen LogP contribution in [0.25, 0.3) is 0 Å². The van der Waals surface area contributed by atoms with Gasteiger partial charge < -0.3 is 19.7 Å². The van der Waals surface area contributed by atoms with Crippen LogP contribution in [0.2, 0.25) is 0 Å². The van der Waals surface area contributed by atoms with E-state index in [2.05, 4.69) is 20.1 Å². The molecule has 1 aromatic rings. The van der Waals surface area contributed by atoms with Gasteiger partial charge in [-0.2, -0.15) is 8.78 Å². The predicted octanol–water partition coefficient (Wildman–Crippen LogP) is 0.811. The van der Waals surface area contributed by atoms with Gasteiger partial charge in [0.2, 0.25) is 11.8 Å². The molecule has 2 aliphatic heterocycles. The van der Waals surface area contributed by atoms with Gasteiger partial charge >= 0.3 is 18.6 Å². The minimum atomic E-state index is -3.18. The number of nitrogens with one attached hydrogen (secondary N) is 2. The molecular formula is C16H15F2N3O6. The SMILES string of the molecule is COC(=O)c1ccc(NC(=O)N2C[C@@H]3C(=O)NC(=O)[C@@H]3C2)c(OC(F)F)c1. The number of hydrogen-bond acceptors (Lipinski definition) is 6. The fourth-order valence-electron chi connectivity index (χ4n) is 3.07. The second-order valence-electron chi connectivity index (χ2n) is 5.98. The molecule has 0 radical (unpaired) electrons. The number of methoxy groups -OCH3 is 1. The van der Waals surface area contributed by atoms with E-state index >= 15 is 0 Å². The first-order valence-corrected chi connectivity index (χ1v) is 7.88. The molecule has 2 aliphatic rings. The molecule has 0 aromatic heterocycles. The molecular weight excluding hydrogens is 368 g/mol. The average Bonchev–Trinajstić information content (AvgIpc) is 3.17. The smallest absolute Gasteiger partial charge is 0.387 e. The van der Waals surface area contributed by atoms with Crippen molar-refractivity contribution in [2.75, 3.05) is 25.5 Å². The minimum absolute atomic E-state index is 0.0271. The van der Waals surface area contributed by atoms with E-state index < -0.39 is 48.0 Å². The topological polar surface area (TPSA) is 114 Å². The van der Waals surface area contributed by atoms with Crippen LogP contribution in [0.3, 0.4) is 0 Å². The number of esters is 1. The minimum Gasteiger partial charge on any atom is -0.465 e. The molecule has 2 atom stereocenters. The molecule has 2 heterocycles. The van der Waals surface area contributed by atoms with E-state index in [4.69, 9.17) is 0 Å². The van der Waals surface area contributed by atoms with Gasteiger partial charge in [-0.15, -0.1) is 0 Å². The molecule has 2 fully saturated rings. The second kappa shape index (κ2) is 7.17. The van der Waals surface area contributed by atoms with E-state index in [9.17, 15) is 28.0 Å². The van der Waals surface area contributed by atoms with Crippen LogP contribution in [0.5, 0.6) is 5.75 Å². The number of amides is 4. The number of likely N-dealkylation sites (tertiary alicyclic amines) is 1. The normalized spacial score (nSPS) is 21.1. The Bertz CT molecular complexity index is 793. The lowest BCUT2D eigenvalue weighted by Gasteiger charge is -2.19. The van der Waals surface area contributed by atoms with Crippen molar-refractivity contribution in [3.8, 4) is 5.75 Å². The molecule has 2 N–H and O–H groups in total. The number of alkyl halides is 2. The number of benzene rings is 1. The summed E-state index contributed by atoms with van der Waals surface area (Å²) in [6, 6.07) is 2.82. The third-order valence-corrected chi connectivity index (χ3v) is 4.39. The lowest BCUT2D eigenvalue weighted by Crippen LogP contribution is -2.37. The number of rotatable bonds is 4. The molecule has 3 rings (SSSR count). The number of imide groups is 1. The molecule has 0 saturated carbocycles. The maximum Gasteiger partial charge on any atom is 0.387 e. The zero-order valence-electron chi connectivity index (χ0n) is 14.0. The van der Waals surface area contributed by atoms with Gasteiger partial charge in [-0.1, -0.05) is 0 Å². The van der Waals surface area contributed by atoms with Gasteiger partial charge in [-0.25, -0.2) is 9.59 Å². The highest BCUT2D eigenvalue weighted by molar-refractivity contribution is 6.06. The summed E-state index contributed by atoms with van der Waals surface area (Å²) in [5, 5.41) is 4.59. The molecule has 0 unspecified atom stereocenters. The highest BCUT2D eigenvalue weighted by Gasteiger charge is 2.49. The van der Waals surface area contributed by atoms with Crippen molar-refractivity contribution in [3.63, 3.8) is 0 Å². The zero-order chi connectivity index (χ0) is 19.7. The summed E-state index contributed by atoms with van der Waals surface area (Å²) in [6.07, 6.45) is 0. The standard InChI is InChI=1S/C16H15F2N3O6/c1-26-14(24)7-2-3-10(11(4-7)27-15(17)18)19-16(25)21-5-8-9(6-21)13(23)20-12(8)22/h2-4,8-9,15H,5-6H2,1H3,(H,19,25)(H,20,22,23)/t8-,9+. The number of carbonyl (C=O) groups is 4. The van der Waals surface area contributed by atoms with Crippen molar-refractivity contribution in [3.05, 3.63) is 23.8 Å². The van der Waals surface area contributed by atoms with Crippen molar-refractivity contribution in [2.24, 2.45) is 11.8 Å². The van der Waals surface area contributed by atoms with Gasteiger partial charge in [0.25, 0.3) is 0 Å². The first kappa shape index (κ1) is 18.5. The third-order valence-electron chi connectivity index (χ3n) is 4.39. The molecule has 9 nitrogen and oxygen atoms in total. The van der Waals surface area contributed by atoms with Crippen LogP contribution in [0, 0.1) is 11.8 Å². The molecule has 144 valence electrons. The number of fused-ring (bicyclic) bond motifs is 1. The molecule has 11 heteroatoms. The predicted molar refractivity (Wildman–Crippen MR) is 85.1 cm³/mol. The highest BCUT2D eigenvalue weighted by atomic mass is 19.3. The van der Waals surface area contributed by atoms with Gasteiger partial charge in [-0.05, 0) is 18.2 Å². The van der Waals surface area contributed by atoms with E-state index in [-0.39, 0.29) is 24.3 Å². The number of nitrogens with zero attached hydrogens (tertiary/aromatic N) is 1. The third kappa shape index (κ3) is 3.66. The van der Waals surface area contributed by atoms with E-state index in [0.717, 1.165) is 13.2 Å². The Morgan fingerprint density at radius 3 is 2.41 bits per heavy atom. The van der Waals surface area contributed by atoms with Crippen LogP contribution in [-0.2, 0) is 14.3 Å². The first-order chi connectivity index (χ1) is 12.8. The summed E-state index contributed by atoms with van der Waals surface area (Å²) in [4.78, 5) is 48.5. The summed E-state index contributed by atoms with van der Waals surface area (Å²) in [6.45, 7) is -3.13. The molecule has 4 amide bonds. The number of hydrogen-bond donors (Lipinski definition) is 2. The number of anilines is 1. The number of halogens is 2. The van der Waals surface area contributed by atoms with Crippen molar-refractivity contribution in [2.45, 2.75) is 6.61 Å². The van der Waals surface area contributed by atoms with Gasteiger partial charge in [-0.3, -0.25) is 14.9 Å². The van der Waals surface area contributed by atoms with Crippen LogP contribution in [0.4, 0.5) is 19.3 Å². The maximum absolute atomic E-state index is 12.7. The number of ether oxygens (including phenoxy) is 2. The number of urea groups is 1. The summed E-state index contributed by atoms with van der Waals surface area (Å²) >= 11 is 0. The Labute approximate surface area is 151 Å². The fourth-order valence-corrected chi connectivity index (χ4v) is 3.07. The molecule has 0 bridgehead atoms. The monoisotopic (exact) mass is 383 g/mol. The van der Waals surface area contributed by atoms with Gasteiger partial charge in [0.1, 0.15) is 0 Å². The van der Waals surface area contributed by atoms with E-state index in [1.165, 1.54) is 17.0 Å². The quantitative estimate of drug-likeness (QED) is 0.588. The summed E-state index contributed by atoms with van der Waals surface area (Å²) < 4.78 is 34.2. The van der Waals surface area contributed by atoms with E-state index in [1.54, 1.807) is 0 Å². The van der Waals surface area contributed by atoms with Gasteiger partial charge in [0, 0.05) is 13.1 Å². The Kier molecular flexibility index (Phi) is 4.93. The Morgan fingerprint density at radius 2 is 1.85 bits per heavy atom. The average molecular weight is 383 g/mol. The molecule has 0 aliphatic carbocycles. The van der Waals surface area contributed by atoms with Crippen molar-refractivity contribution < 1.29 is 37.4 Å². The summed E-state index contributed by atoms with van der Waals surface area (Å²) in [5.74, 6) is -3.31. The lowest BCUT2D eigenvalue weighted by molar-refractivity contribution is -0.126. The van der Waals surface area contributed by atoms with Gasteiger partial charge in [0.15, 0.2) is 5.75 Å². The Balaban J connectivity index is 1.76. The van der Waals surface area contributed by atoms with Crippen molar-refractivity contribution in [1.82, 2.24) is 10.2 Å². The highest BCUT2D eigenvalue weighted by Crippen LogP contribution is 2.31. The van der Waals surface area contributed by atoms with Gasteiger partial charge in [0.05, 0.1) is 30.2 Å². The van der Waals surface area contributed by atoms with Crippen LogP contribution in [0.1, 0.15) is 10.4 Å². The second-order valence-corrected chi connectivity index (χ2v) is 5.98. The Hall–Kier alpha value is -3.24. The fraction of sp³-hybridized carbons (Fsp3) is 0.375. The zero-order valence-corrected chi connectivity index (χ0v) is 14.0. The molecule has 27 heavy (non-hydrogen) atoms. The van der Waals surface area contributed by atoms with Crippen molar-refractivity contribution >= 4 is 29.5 Å². The molecule has 1 aromatic carbocycles. The van der Waals surface area contributed by atoms with Crippen LogP contribution in [-0.4, -0.2) is 55.5 Å². The molecule has 0 spiro atoms. The summed E-state index contributed by atoms with van der Waals surface area (Å²) in [7, 11) is 1.13. The lowest BCUT2D eigenvalue weighted by atomic mass is 10.00. The first-order valence-electron chi connectivity index (χ1n) is 7.88. The number of carbonyl (C=O) groups excluding carboxylic acids is 4. The maximum atomic E-state index is 12.7. The summed E-state index contributed by atoms with van der Waals surface area (Å²) in [5.41, 5.74) is -0.134. The molecule has 2 saturated heterocycles. The largest absolute Gasteiger partial charge is 0.465 e. The van der Waals surface area contributed by atoms with E-state index in [1.807, 2.05) is 0 Å². The van der Waals surface area contributed by atoms with Crippen LogP contribution >= 0.6 is 0 Å². The Morgan fingerprint density at radius 1 is 1.22 bits per heavy atom. The van der Waals surface area contributed by atoms with Crippen LogP contribution in [0.15, 0.2) is 18.2 Å². The van der Waals surface area contributed by atoms with Crippen LogP contribution < -0.4 is 15.4 Å². The van der Waals surface area contributed by atoms with E-state index in [0.29, 0.717) is 0 Å².